The van der Waals surface area contributed by atoms with E-state index in [1.54, 1.807) is 0 Å². The molecule has 2 rings (SSSR count). The second-order valence-electron chi connectivity index (χ2n) is 4.83. The van der Waals surface area contributed by atoms with Gasteiger partial charge in [-0.3, -0.25) is 4.90 Å². The van der Waals surface area contributed by atoms with E-state index in [0.717, 1.165) is 6.54 Å². The molecule has 0 aromatic carbocycles. The van der Waals surface area contributed by atoms with Crippen LogP contribution in [0.2, 0.25) is 0 Å². The molecule has 1 aromatic rings. The Hall–Kier alpha value is 0.1000. The summed E-state index contributed by atoms with van der Waals surface area (Å²) in [4.78, 5) is 4.00. The molecular weight excluding hydrogens is 296 g/mol. The van der Waals surface area contributed by atoms with Gasteiger partial charge in [-0.25, -0.2) is 0 Å². The Bertz CT molecular complexity index is 353. The largest absolute Gasteiger partial charge is 0.329 e. The van der Waals surface area contributed by atoms with Crippen molar-refractivity contribution in [2.24, 2.45) is 5.73 Å². The van der Waals surface area contributed by atoms with Crippen LogP contribution in [0.3, 0.4) is 0 Å². The van der Waals surface area contributed by atoms with E-state index in [2.05, 4.69) is 39.9 Å². The predicted octanol–water partition coefficient (Wildman–Crippen LogP) is 3.77. The number of likely N-dealkylation sites (tertiary alicyclic amines) is 1. The molecule has 4 heteroatoms. The molecule has 0 aliphatic carbocycles. The predicted molar refractivity (Wildman–Crippen MR) is 78.5 cm³/mol. The molecule has 0 bridgehead atoms. The zero-order valence-corrected chi connectivity index (χ0v) is 12.8. The molecule has 1 aromatic heterocycles. The van der Waals surface area contributed by atoms with Crippen molar-refractivity contribution >= 4 is 27.3 Å². The van der Waals surface area contributed by atoms with Crippen LogP contribution in [0.15, 0.2) is 15.9 Å². The number of thiophene rings is 1. The van der Waals surface area contributed by atoms with Crippen molar-refractivity contribution in [2.45, 2.75) is 44.7 Å². The minimum Gasteiger partial charge on any atom is -0.329 e. The van der Waals surface area contributed by atoms with Crippen LogP contribution in [0.4, 0.5) is 0 Å². The Morgan fingerprint density at radius 1 is 1.47 bits per heavy atom. The highest BCUT2D eigenvalue weighted by Gasteiger charge is 2.26. The Labute approximate surface area is 116 Å². The second-order valence-corrected chi connectivity index (χ2v) is 7.32. The molecule has 2 atom stereocenters. The van der Waals surface area contributed by atoms with Crippen molar-refractivity contribution in [3.05, 3.63) is 20.8 Å². The minimum atomic E-state index is 0.402. The van der Waals surface area contributed by atoms with Gasteiger partial charge in [-0.05, 0) is 54.4 Å². The highest BCUT2D eigenvalue weighted by molar-refractivity contribution is 9.11. The van der Waals surface area contributed by atoms with Gasteiger partial charge < -0.3 is 5.73 Å². The minimum absolute atomic E-state index is 0.402. The van der Waals surface area contributed by atoms with Gasteiger partial charge in [0.05, 0.1) is 9.83 Å². The lowest BCUT2D eigenvalue weighted by Crippen LogP contribution is -2.39. The van der Waals surface area contributed by atoms with Crippen LogP contribution in [0.1, 0.15) is 43.5 Å². The van der Waals surface area contributed by atoms with E-state index in [0.29, 0.717) is 12.1 Å². The Balaban J connectivity index is 2.15. The van der Waals surface area contributed by atoms with Crippen LogP contribution < -0.4 is 5.73 Å². The van der Waals surface area contributed by atoms with E-state index in [-0.39, 0.29) is 0 Å². The number of hydrogen-bond acceptors (Lipinski definition) is 3. The zero-order chi connectivity index (χ0) is 12.3. The van der Waals surface area contributed by atoms with E-state index in [1.807, 2.05) is 11.3 Å². The summed E-state index contributed by atoms with van der Waals surface area (Å²) < 4.78 is 1.20. The van der Waals surface area contributed by atoms with Gasteiger partial charge in [-0.15, -0.1) is 11.3 Å². The van der Waals surface area contributed by atoms with Crippen LogP contribution in [-0.2, 0) is 0 Å². The number of hydrogen-bond donors (Lipinski definition) is 1. The summed E-state index contributed by atoms with van der Waals surface area (Å²) in [5, 5.41) is 0. The molecule has 0 spiro atoms. The van der Waals surface area contributed by atoms with Crippen molar-refractivity contribution in [1.29, 1.82) is 0 Å². The van der Waals surface area contributed by atoms with Gasteiger partial charge in [0.1, 0.15) is 0 Å². The maximum absolute atomic E-state index is 6.01. The second kappa shape index (κ2) is 6.32. The average molecular weight is 317 g/mol. The molecule has 1 fully saturated rings. The molecule has 96 valence electrons. The molecule has 2 nitrogen and oxygen atoms in total. The van der Waals surface area contributed by atoms with Gasteiger partial charge in [0.15, 0.2) is 0 Å². The van der Waals surface area contributed by atoms with Gasteiger partial charge >= 0.3 is 0 Å². The smallest absolute Gasteiger partial charge is 0.0702 e. The number of nitrogens with zero attached hydrogens (tertiary/aromatic N) is 1. The van der Waals surface area contributed by atoms with Gasteiger partial charge in [-0.1, -0.05) is 12.8 Å². The van der Waals surface area contributed by atoms with E-state index < -0.39 is 0 Å². The number of nitrogens with two attached hydrogens (primary N) is 1. The zero-order valence-electron chi connectivity index (χ0n) is 10.4. The van der Waals surface area contributed by atoms with Crippen molar-refractivity contribution in [1.82, 2.24) is 4.90 Å². The quantitative estimate of drug-likeness (QED) is 0.919. The van der Waals surface area contributed by atoms with Gasteiger partial charge in [0, 0.05) is 17.5 Å². The highest BCUT2D eigenvalue weighted by Crippen LogP contribution is 2.33. The molecule has 2 unspecified atom stereocenters. The van der Waals surface area contributed by atoms with Crippen molar-refractivity contribution in [3.63, 3.8) is 0 Å². The molecule has 17 heavy (non-hydrogen) atoms. The summed E-state index contributed by atoms with van der Waals surface area (Å²) in [6.07, 6.45) is 5.35. The monoisotopic (exact) mass is 316 g/mol. The van der Waals surface area contributed by atoms with Crippen LogP contribution >= 0.6 is 27.3 Å². The third-order valence-corrected chi connectivity index (χ3v) is 5.38. The maximum Gasteiger partial charge on any atom is 0.0702 e. The molecule has 0 saturated carbocycles. The van der Waals surface area contributed by atoms with Gasteiger partial charge in [-0.2, -0.15) is 0 Å². The number of halogens is 1. The lowest BCUT2D eigenvalue weighted by Gasteiger charge is -2.34. The van der Waals surface area contributed by atoms with Crippen molar-refractivity contribution in [3.8, 4) is 0 Å². The summed E-state index contributed by atoms with van der Waals surface area (Å²) in [6, 6.07) is 5.40. The molecular formula is C13H21BrN2S. The fourth-order valence-corrected chi connectivity index (χ4v) is 4.24. The van der Waals surface area contributed by atoms with Crippen LogP contribution in [0.25, 0.3) is 0 Å². The number of rotatable bonds is 3. The van der Waals surface area contributed by atoms with E-state index in [4.69, 9.17) is 5.73 Å². The fraction of sp³-hybridized carbons (Fsp3) is 0.692. The molecule has 2 N–H and O–H groups in total. The summed E-state index contributed by atoms with van der Waals surface area (Å²) in [5.74, 6) is 0. The first kappa shape index (κ1) is 13.5. The fourth-order valence-electron chi connectivity index (χ4n) is 2.68. The Morgan fingerprint density at radius 3 is 2.94 bits per heavy atom. The lowest BCUT2D eigenvalue weighted by atomic mass is 10.1. The Kier molecular flexibility index (Phi) is 5.03. The first-order valence-electron chi connectivity index (χ1n) is 6.43. The first-order valence-corrected chi connectivity index (χ1v) is 8.04. The van der Waals surface area contributed by atoms with Crippen molar-refractivity contribution in [2.75, 3.05) is 13.1 Å². The summed E-state index contributed by atoms with van der Waals surface area (Å²) in [7, 11) is 0. The van der Waals surface area contributed by atoms with E-state index in [1.165, 1.54) is 40.9 Å². The molecule has 1 aliphatic rings. The molecule has 1 aliphatic heterocycles. The van der Waals surface area contributed by atoms with E-state index in [9.17, 15) is 0 Å². The first-order chi connectivity index (χ1) is 8.22. The third kappa shape index (κ3) is 3.31. The SMILES string of the molecule is CC1CCCCCN1C(CN)c1ccc(Br)s1. The summed E-state index contributed by atoms with van der Waals surface area (Å²) in [5.41, 5.74) is 6.01. The van der Waals surface area contributed by atoms with Gasteiger partial charge in [0.2, 0.25) is 0 Å². The molecule has 1 saturated heterocycles. The van der Waals surface area contributed by atoms with Crippen LogP contribution in [0.5, 0.6) is 0 Å². The molecule has 2 heterocycles. The highest BCUT2D eigenvalue weighted by atomic mass is 79.9. The standard InChI is InChI=1S/C13H21BrN2S/c1-10-5-3-2-4-8-16(10)11(9-15)12-6-7-13(14)17-12/h6-7,10-11H,2-5,8-9,15H2,1H3. The van der Waals surface area contributed by atoms with Crippen molar-refractivity contribution < 1.29 is 0 Å². The topological polar surface area (TPSA) is 29.3 Å². The van der Waals surface area contributed by atoms with Gasteiger partial charge in [0.25, 0.3) is 0 Å². The summed E-state index contributed by atoms with van der Waals surface area (Å²) >= 11 is 5.36. The normalized spacial score (nSPS) is 24.5. The summed E-state index contributed by atoms with van der Waals surface area (Å²) in [6.45, 7) is 4.26. The molecule has 0 radical (unpaired) electrons. The molecule has 0 amide bonds. The van der Waals surface area contributed by atoms with E-state index >= 15 is 0 Å². The third-order valence-electron chi connectivity index (χ3n) is 3.65. The lowest BCUT2D eigenvalue weighted by molar-refractivity contribution is 0.153. The average Bonchev–Trinajstić information content (AvgIpc) is 2.62. The Morgan fingerprint density at radius 2 is 2.29 bits per heavy atom. The maximum atomic E-state index is 6.01. The van der Waals surface area contributed by atoms with Crippen LogP contribution in [0, 0.1) is 0 Å². The van der Waals surface area contributed by atoms with Crippen LogP contribution in [-0.4, -0.2) is 24.0 Å².